The Kier molecular flexibility index (Phi) is 5.94. The lowest BCUT2D eigenvalue weighted by Gasteiger charge is -2.28. The lowest BCUT2D eigenvalue weighted by Crippen LogP contribution is -2.28. The van der Waals surface area contributed by atoms with Gasteiger partial charge in [-0.2, -0.15) is 0 Å². The zero-order valence-corrected chi connectivity index (χ0v) is 22.1. The summed E-state index contributed by atoms with van der Waals surface area (Å²) >= 11 is 3.10. The highest BCUT2D eigenvalue weighted by molar-refractivity contribution is 7.25. The number of nitrogens with zero attached hydrogens (tertiary/aromatic N) is 1. The Labute approximate surface area is 219 Å². The topological polar surface area (TPSA) is 38.8 Å². The standard InChI is InChI=1S/C30H27NO3S2/c1-4-18-11-15-23-22-7-5-6-8-24(22)31(26(18)23)20-12-9-19(10-13-20)29-27(33-2)28(34-3)30(36-29)25-16-14-21(17-32)35-25/h4-10,12-14,16-17,23,26H,11,15H2,1-3H3/b18-4+. The second-order valence-electron chi connectivity index (χ2n) is 9.08. The Morgan fingerprint density at radius 1 is 0.917 bits per heavy atom. The number of thiophene rings is 2. The molecule has 4 aromatic rings. The van der Waals surface area contributed by atoms with Gasteiger partial charge in [0.2, 0.25) is 0 Å². The summed E-state index contributed by atoms with van der Waals surface area (Å²) < 4.78 is 11.6. The van der Waals surface area contributed by atoms with Gasteiger partial charge in [-0.15, -0.1) is 22.7 Å². The van der Waals surface area contributed by atoms with E-state index >= 15 is 0 Å². The van der Waals surface area contributed by atoms with Crippen molar-refractivity contribution in [1.82, 2.24) is 0 Å². The second kappa shape index (κ2) is 9.26. The van der Waals surface area contributed by atoms with Crippen molar-refractivity contribution in [3.8, 4) is 31.7 Å². The first-order valence-corrected chi connectivity index (χ1v) is 13.8. The molecule has 0 amide bonds. The number of carbonyl (C=O) groups excluding carboxylic acids is 1. The van der Waals surface area contributed by atoms with Crippen LogP contribution in [0.1, 0.15) is 40.9 Å². The van der Waals surface area contributed by atoms with E-state index in [9.17, 15) is 4.79 Å². The van der Waals surface area contributed by atoms with Crippen molar-refractivity contribution in [3.63, 3.8) is 0 Å². The quantitative estimate of drug-likeness (QED) is 0.192. The van der Waals surface area contributed by atoms with Crippen LogP contribution in [0.15, 0.2) is 72.3 Å². The zero-order valence-electron chi connectivity index (χ0n) is 20.5. The Balaban J connectivity index is 1.41. The number of hydrogen-bond acceptors (Lipinski definition) is 6. The van der Waals surface area contributed by atoms with E-state index in [-0.39, 0.29) is 0 Å². The van der Waals surface area contributed by atoms with Crippen LogP contribution in [0.25, 0.3) is 20.2 Å². The minimum absolute atomic E-state index is 0.395. The number of benzene rings is 2. The number of carbonyl (C=O) groups is 1. The minimum Gasteiger partial charge on any atom is -0.491 e. The molecular formula is C30H27NO3S2. The monoisotopic (exact) mass is 513 g/mol. The number of para-hydroxylation sites is 1. The number of methoxy groups -OCH3 is 2. The number of anilines is 2. The van der Waals surface area contributed by atoms with Gasteiger partial charge in [0.05, 0.1) is 34.9 Å². The van der Waals surface area contributed by atoms with Crippen LogP contribution in [-0.4, -0.2) is 26.5 Å². The summed E-state index contributed by atoms with van der Waals surface area (Å²) in [6.07, 6.45) is 5.57. The first kappa shape index (κ1) is 23.1. The molecule has 4 nitrogen and oxygen atoms in total. The average Bonchev–Trinajstić information content (AvgIpc) is 3.70. The van der Waals surface area contributed by atoms with Crippen molar-refractivity contribution < 1.29 is 14.3 Å². The third-order valence-corrected chi connectivity index (χ3v) is 9.75. The van der Waals surface area contributed by atoms with E-state index in [1.807, 2.05) is 12.1 Å². The van der Waals surface area contributed by atoms with Gasteiger partial charge in [-0.25, -0.2) is 0 Å². The van der Waals surface area contributed by atoms with Crippen LogP contribution in [-0.2, 0) is 0 Å². The van der Waals surface area contributed by atoms with Crippen LogP contribution in [0, 0.1) is 0 Å². The van der Waals surface area contributed by atoms with E-state index in [0.29, 0.717) is 22.6 Å². The Bertz CT molecular complexity index is 1460. The lowest BCUT2D eigenvalue weighted by atomic mass is 9.97. The van der Waals surface area contributed by atoms with E-state index in [2.05, 4.69) is 66.4 Å². The number of allylic oxidation sites excluding steroid dienone is 1. The summed E-state index contributed by atoms with van der Waals surface area (Å²) in [5.74, 6) is 1.99. The molecule has 0 bridgehead atoms. The molecule has 0 radical (unpaired) electrons. The van der Waals surface area contributed by atoms with Crippen molar-refractivity contribution in [2.24, 2.45) is 0 Å². The fourth-order valence-electron chi connectivity index (χ4n) is 5.78. The molecular weight excluding hydrogens is 486 g/mol. The van der Waals surface area contributed by atoms with E-state index in [4.69, 9.17) is 9.47 Å². The molecule has 36 heavy (non-hydrogen) atoms. The van der Waals surface area contributed by atoms with Gasteiger partial charge < -0.3 is 14.4 Å². The highest BCUT2D eigenvalue weighted by Gasteiger charge is 2.44. The van der Waals surface area contributed by atoms with Crippen molar-refractivity contribution in [2.45, 2.75) is 31.7 Å². The molecule has 1 aliphatic heterocycles. The Morgan fingerprint density at radius 3 is 2.36 bits per heavy atom. The molecule has 2 unspecified atom stereocenters. The maximum atomic E-state index is 11.2. The van der Waals surface area contributed by atoms with Gasteiger partial charge in [0, 0.05) is 22.2 Å². The number of hydrogen-bond donors (Lipinski definition) is 0. The van der Waals surface area contributed by atoms with Crippen molar-refractivity contribution in [1.29, 1.82) is 0 Å². The zero-order chi connectivity index (χ0) is 24.8. The van der Waals surface area contributed by atoms with E-state index < -0.39 is 0 Å². The molecule has 3 heterocycles. The lowest BCUT2D eigenvalue weighted by molar-refractivity contribution is 0.112. The van der Waals surface area contributed by atoms with Gasteiger partial charge in [-0.1, -0.05) is 42.0 Å². The number of aldehydes is 1. The smallest absolute Gasteiger partial charge is 0.180 e. The van der Waals surface area contributed by atoms with Gasteiger partial charge in [-0.05, 0) is 61.2 Å². The molecule has 1 aliphatic carbocycles. The van der Waals surface area contributed by atoms with E-state index in [1.165, 1.54) is 40.3 Å². The Hall–Kier alpha value is -3.35. The van der Waals surface area contributed by atoms with Crippen LogP contribution in [0.3, 0.4) is 0 Å². The van der Waals surface area contributed by atoms with Crippen molar-refractivity contribution >= 4 is 40.3 Å². The van der Waals surface area contributed by atoms with E-state index in [0.717, 1.165) is 38.7 Å². The third kappa shape index (κ3) is 3.51. The van der Waals surface area contributed by atoms with Crippen LogP contribution < -0.4 is 14.4 Å². The Morgan fingerprint density at radius 2 is 1.67 bits per heavy atom. The molecule has 2 aliphatic rings. The van der Waals surface area contributed by atoms with Gasteiger partial charge in [0.15, 0.2) is 17.8 Å². The van der Waals surface area contributed by atoms with Crippen LogP contribution in [0.5, 0.6) is 11.5 Å². The average molecular weight is 514 g/mol. The van der Waals surface area contributed by atoms with Crippen LogP contribution in [0.2, 0.25) is 0 Å². The normalized spacial score (nSPS) is 19.4. The highest BCUT2D eigenvalue weighted by atomic mass is 32.1. The summed E-state index contributed by atoms with van der Waals surface area (Å²) in [5, 5.41) is 0. The first-order chi connectivity index (χ1) is 17.7. The van der Waals surface area contributed by atoms with Gasteiger partial charge in [0.25, 0.3) is 0 Å². The summed E-state index contributed by atoms with van der Waals surface area (Å²) in [5.41, 5.74) is 6.60. The molecule has 2 atom stereocenters. The van der Waals surface area contributed by atoms with Crippen molar-refractivity contribution in [3.05, 3.63) is 82.8 Å². The van der Waals surface area contributed by atoms with Gasteiger partial charge >= 0.3 is 0 Å². The third-order valence-electron chi connectivity index (χ3n) is 7.36. The fraction of sp³-hybridized carbons (Fsp3) is 0.233. The first-order valence-electron chi connectivity index (χ1n) is 12.1. The molecule has 1 fully saturated rings. The number of ether oxygens (including phenoxy) is 2. The fourth-order valence-corrected chi connectivity index (χ4v) is 7.95. The van der Waals surface area contributed by atoms with Crippen LogP contribution in [0.4, 0.5) is 11.4 Å². The molecule has 2 aromatic heterocycles. The molecule has 2 aromatic carbocycles. The summed E-state index contributed by atoms with van der Waals surface area (Å²) in [4.78, 5) is 17.5. The van der Waals surface area contributed by atoms with Gasteiger partial charge in [0.1, 0.15) is 0 Å². The summed E-state index contributed by atoms with van der Waals surface area (Å²) in [7, 11) is 3.34. The summed E-state index contributed by atoms with van der Waals surface area (Å²) in [6.45, 7) is 2.17. The molecule has 1 saturated carbocycles. The molecule has 182 valence electrons. The predicted molar refractivity (Wildman–Crippen MR) is 150 cm³/mol. The highest BCUT2D eigenvalue weighted by Crippen LogP contribution is 2.56. The summed E-state index contributed by atoms with van der Waals surface area (Å²) in [6, 6.07) is 21.9. The van der Waals surface area contributed by atoms with E-state index in [1.54, 1.807) is 25.6 Å². The van der Waals surface area contributed by atoms with Crippen LogP contribution >= 0.6 is 22.7 Å². The van der Waals surface area contributed by atoms with Gasteiger partial charge in [-0.3, -0.25) is 4.79 Å². The second-order valence-corrected chi connectivity index (χ2v) is 11.2. The molecule has 0 spiro atoms. The number of fused-ring (bicyclic) bond motifs is 3. The molecule has 0 N–H and O–H groups in total. The molecule has 6 rings (SSSR count). The minimum atomic E-state index is 0.395. The maximum absolute atomic E-state index is 11.2. The predicted octanol–water partition coefficient (Wildman–Crippen LogP) is 8.32. The largest absolute Gasteiger partial charge is 0.491 e. The number of rotatable bonds is 6. The maximum Gasteiger partial charge on any atom is 0.180 e. The van der Waals surface area contributed by atoms with Crippen molar-refractivity contribution in [2.75, 3.05) is 19.1 Å². The SMILES string of the molecule is C/C=C1\CCC2c3ccccc3N(c3ccc(-c4sc(-c5ccc(C=O)s5)c(OC)c4OC)cc3)C12. The molecule has 0 saturated heterocycles. The molecule has 6 heteroatoms.